The van der Waals surface area contributed by atoms with Crippen molar-refractivity contribution in [3.63, 3.8) is 0 Å². The third kappa shape index (κ3) is 5.74. The number of nitrogens with one attached hydrogen (secondary N) is 1. The zero-order valence-electron chi connectivity index (χ0n) is 18.4. The summed E-state index contributed by atoms with van der Waals surface area (Å²) in [6.07, 6.45) is 2.56. The average molecular weight is 476 g/mol. The first-order valence-corrected chi connectivity index (χ1v) is 11.9. The van der Waals surface area contributed by atoms with Crippen LogP contribution in [0.5, 0.6) is 0 Å². The van der Waals surface area contributed by atoms with Gasteiger partial charge in [0.25, 0.3) is 11.6 Å². The first kappa shape index (κ1) is 24.3. The van der Waals surface area contributed by atoms with Crippen LogP contribution in [0, 0.1) is 24.0 Å². The lowest BCUT2D eigenvalue weighted by atomic mass is 10.1. The topological polar surface area (TPSA) is 136 Å². The van der Waals surface area contributed by atoms with E-state index in [0.717, 1.165) is 19.3 Å². The molecule has 0 aromatic heterocycles. The molecule has 0 aliphatic carbocycles. The third-order valence-corrected chi connectivity index (χ3v) is 7.30. The van der Waals surface area contributed by atoms with Crippen LogP contribution < -0.4 is 5.32 Å². The lowest BCUT2D eigenvalue weighted by molar-refractivity contribution is -0.385. The number of amides is 1. The molecule has 10 nitrogen and oxygen atoms in total. The molecule has 1 heterocycles. The summed E-state index contributed by atoms with van der Waals surface area (Å²) in [6.45, 7) is 3.45. The molecule has 1 N–H and O–H groups in total. The summed E-state index contributed by atoms with van der Waals surface area (Å²) in [5, 5.41) is 13.5. The molecule has 33 heavy (non-hydrogen) atoms. The molecule has 0 spiro atoms. The molecule has 2 aromatic rings. The monoisotopic (exact) mass is 475 g/mol. The molecule has 176 valence electrons. The van der Waals surface area contributed by atoms with Crippen LogP contribution in [-0.2, 0) is 19.6 Å². The SMILES string of the molecule is Cc1ccc(S(=O)(=O)N2CCCCC2)cc1C(=O)OCC(=O)Nc1ccc(C)c([N+](=O)[O-])c1. The smallest absolute Gasteiger partial charge is 0.338 e. The van der Waals surface area contributed by atoms with Gasteiger partial charge in [-0.25, -0.2) is 13.2 Å². The van der Waals surface area contributed by atoms with Gasteiger partial charge in [-0.05, 0) is 50.5 Å². The van der Waals surface area contributed by atoms with Gasteiger partial charge in [-0.15, -0.1) is 0 Å². The van der Waals surface area contributed by atoms with E-state index in [4.69, 9.17) is 4.74 Å². The predicted octanol–water partition coefficient (Wildman–Crippen LogP) is 3.18. The van der Waals surface area contributed by atoms with E-state index in [9.17, 15) is 28.1 Å². The number of nitro groups is 1. The highest BCUT2D eigenvalue weighted by Crippen LogP contribution is 2.24. The van der Waals surface area contributed by atoms with E-state index < -0.39 is 33.4 Å². The summed E-state index contributed by atoms with van der Waals surface area (Å²) in [5.41, 5.74) is 1.05. The molecule has 11 heteroatoms. The normalized spacial score (nSPS) is 14.5. The maximum atomic E-state index is 12.9. The number of esters is 1. The van der Waals surface area contributed by atoms with Gasteiger partial charge in [-0.3, -0.25) is 14.9 Å². The molecule has 0 radical (unpaired) electrons. The molecular formula is C22H25N3O7S. The quantitative estimate of drug-likeness (QED) is 0.369. The van der Waals surface area contributed by atoms with Crippen LogP contribution in [0.1, 0.15) is 40.7 Å². The first-order valence-electron chi connectivity index (χ1n) is 10.4. The Kier molecular flexibility index (Phi) is 7.44. The van der Waals surface area contributed by atoms with Crippen molar-refractivity contribution in [1.82, 2.24) is 4.31 Å². The standard InChI is InChI=1S/C22H25N3O7S/c1-15-7-9-18(33(30,31)24-10-4-3-5-11-24)13-19(15)22(27)32-14-21(26)23-17-8-6-16(2)20(12-17)25(28)29/h6-9,12-13H,3-5,10-11,14H2,1-2H3,(H,23,26). The summed E-state index contributed by atoms with van der Waals surface area (Å²) in [6, 6.07) is 8.46. The van der Waals surface area contributed by atoms with Crippen molar-refractivity contribution in [2.75, 3.05) is 25.0 Å². The van der Waals surface area contributed by atoms with Crippen LogP contribution in [0.15, 0.2) is 41.3 Å². The van der Waals surface area contributed by atoms with Crippen LogP contribution in [0.4, 0.5) is 11.4 Å². The fourth-order valence-electron chi connectivity index (χ4n) is 3.53. The number of nitrogens with zero attached hydrogens (tertiary/aromatic N) is 2. The maximum Gasteiger partial charge on any atom is 0.338 e. The van der Waals surface area contributed by atoms with Crippen LogP contribution in [0.3, 0.4) is 0 Å². The van der Waals surface area contributed by atoms with Crippen molar-refractivity contribution in [3.8, 4) is 0 Å². The Balaban J connectivity index is 1.68. The second-order valence-corrected chi connectivity index (χ2v) is 9.76. The Bertz CT molecular complexity index is 1190. The van der Waals surface area contributed by atoms with E-state index in [0.29, 0.717) is 24.2 Å². The second kappa shape index (κ2) is 10.1. The summed E-state index contributed by atoms with van der Waals surface area (Å²) in [5.74, 6) is -1.52. The molecule has 1 amide bonds. The molecule has 2 aromatic carbocycles. The number of hydrogen-bond donors (Lipinski definition) is 1. The molecule has 0 atom stereocenters. The number of aryl methyl sites for hydroxylation is 2. The lowest BCUT2D eigenvalue weighted by Gasteiger charge is -2.26. The van der Waals surface area contributed by atoms with Gasteiger partial charge in [0.15, 0.2) is 6.61 Å². The number of sulfonamides is 1. The Morgan fingerprint density at radius 3 is 2.39 bits per heavy atom. The minimum Gasteiger partial charge on any atom is -0.452 e. The maximum absolute atomic E-state index is 12.9. The van der Waals surface area contributed by atoms with Crippen LogP contribution >= 0.6 is 0 Å². The first-order chi connectivity index (χ1) is 15.6. The van der Waals surface area contributed by atoms with Gasteiger partial charge in [0.2, 0.25) is 10.0 Å². The van der Waals surface area contributed by atoms with Crippen molar-refractivity contribution in [2.24, 2.45) is 0 Å². The van der Waals surface area contributed by atoms with Gasteiger partial charge >= 0.3 is 5.97 Å². The summed E-state index contributed by atoms with van der Waals surface area (Å²) < 4.78 is 32.3. The third-order valence-electron chi connectivity index (χ3n) is 5.41. The van der Waals surface area contributed by atoms with E-state index in [2.05, 4.69) is 5.32 Å². The van der Waals surface area contributed by atoms with Crippen LogP contribution in [0.2, 0.25) is 0 Å². The molecular weight excluding hydrogens is 450 g/mol. The van der Waals surface area contributed by atoms with Gasteiger partial charge in [-0.1, -0.05) is 18.6 Å². The average Bonchev–Trinajstić information content (AvgIpc) is 2.79. The van der Waals surface area contributed by atoms with Crippen molar-refractivity contribution in [2.45, 2.75) is 38.0 Å². The van der Waals surface area contributed by atoms with Crippen LogP contribution in [0.25, 0.3) is 0 Å². The summed E-state index contributed by atoms with van der Waals surface area (Å²) >= 11 is 0. The minimum absolute atomic E-state index is 0.00151. The number of benzene rings is 2. The lowest BCUT2D eigenvalue weighted by Crippen LogP contribution is -2.35. The Hall–Kier alpha value is -3.31. The van der Waals surface area contributed by atoms with Crippen LogP contribution in [-0.4, -0.2) is 49.2 Å². The van der Waals surface area contributed by atoms with Crippen molar-refractivity contribution >= 4 is 33.3 Å². The van der Waals surface area contributed by atoms with Crippen molar-refractivity contribution in [3.05, 3.63) is 63.2 Å². The van der Waals surface area contributed by atoms with Gasteiger partial charge < -0.3 is 10.1 Å². The van der Waals surface area contributed by atoms with E-state index >= 15 is 0 Å². The Labute approximate surface area is 191 Å². The largest absolute Gasteiger partial charge is 0.452 e. The van der Waals surface area contributed by atoms with E-state index in [1.54, 1.807) is 13.8 Å². The fourth-order valence-corrected chi connectivity index (χ4v) is 5.07. The van der Waals surface area contributed by atoms with Crippen molar-refractivity contribution in [1.29, 1.82) is 0 Å². The van der Waals surface area contributed by atoms with Crippen molar-refractivity contribution < 1.29 is 27.7 Å². The molecule has 1 aliphatic rings. The Morgan fingerprint density at radius 2 is 1.73 bits per heavy atom. The van der Waals surface area contributed by atoms with E-state index in [1.165, 1.54) is 40.7 Å². The zero-order chi connectivity index (χ0) is 24.2. The number of carbonyl (C=O) groups is 2. The minimum atomic E-state index is -3.73. The zero-order valence-corrected chi connectivity index (χ0v) is 19.2. The summed E-state index contributed by atoms with van der Waals surface area (Å²) in [7, 11) is -3.73. The number of carbonyl (C=O) groups excluding carboxylic acids is 2. The molecule has 0 saturated carbocycles. The molecule has 1 saturated heterocycles. The van der Waals surface area contributed by atoms with E-state index in [1.807, 2.05) is 0 Å². The van der Waals surface area contributed by atoms with E-state index in [-0.39, 0.29) is 21.8 Å². The number of ether oxygens (including phenoxy) is 1. The molecule has 3 rings (SSSR count). The van der Waals surface area contributed by atoms with Gasteiger partial charge in [0.05, 0.1) is 15.4 Å². The number of hydrogen-bond acceptors (Lipinski definition) is 7. The van der Waals surface area contributed by atoms with Gasteiger partial charge in [0, 0.05) is 30.4 Å². The molecule has 1 fully saturated rings. The predicted molar refractivity (Wildman–Crippen MR) is 121 cm³/mol. The number of nitro benzene ring substituents is 1. The van der Waals surface area contributed by atoms with Gasteiger partial charge in [-0.2, -0.15) is 4.31 Å². The highest BCUT2D eigenvalue weighted by Gasteiger charge is 2.27. The second-order valence-electron chi connectivity index (χ2n) is 7.82. The summed E-state index contributed by atoms with van der Waals surface area (Å²) in [4.78, 5) is 35.2. The van der Waals surface area contributed by atoms with Gasteiger partial charge in [0.1, 0.15) is 0 Å². The number of piperidine rings is 1. The highest BCUT2D eigenvalue weighted by molar-refractivity contribution is 7.89. The molecule has 0 unspecified atom stereocenters. The fraction of sp³-hybridized carbons (Fsp3) is 0.364. The Morgan fingerprint density at radius 1 is 1.06 bits per heavy atom. The molecule has 0 bridgehead atoms. The molecule has 1 aliphatic heterocycles. The number of rotatable bonds is 7. The highest BCUT2D eigenvalue weighted by atomic mass is 32.2. The number of anilines is 1.